The van der Waals surface area contributed by atoms with E-state index in [1.165, 1.54) is 18.5 Å². The number of anilines is 1. The second kappa shape index (κ2) is 7.46. The van der Waals surface area contributed by atoms with Crippen LogP contribution in [0.15, 0.2) is 36.8 Å². The van der Waals surface area contributed by atoms with Crippen LogP contribution in [0.5, 0.6) is 0 Å². The number of piperidine rings is 1. The zero-order valence-electron chi connectivity index (χ0n) is 12.9. The molecular weight excluding hydrogens is 298 g/mol. The number of nitrogens with zero attached hydrogens (tertiary/aromatic N) is 3. The van der Waals surface area contributed by atoms with Gasteiger partial charge in [0.05, 0.1) is 0 Å². The Morgan fingerprint density at radius 3 is 2.70 bits per heavy atom. The van der Waals surface area contributed by atoms with Gasteiger partial charge in [0.25, 0.3) is 0 Å². The molecule has 0 unspecified atom stereocenters. The van der Waals surface area contributed by atoms with Crippen LogP contribution in [-0.4, -0.2) is 29.6 Å². The fourth-order valence-electron chi connectivity index (χ4n) is 2.94. The highest BCUT2D eigenvalue weighted by Crippen LogP contribution is 2.21. The lowest BCUT2D eigenvalue weighted by atomic mass is 9.97. The average Bonchev–Trinajstić information content (AvgIpc) is 2.58. The smallest absolute Gasteiger partial charge is 0.132 e. The number of aromatic nitrogens is 2. The molecule has 1 N–H and O–H groups in total. The van der Waals surface area contributed by atoms with Crippen LogP contribution in [0.3, 0.4) is 0 Å². The van der Waals surface area contributed by atoms with E-state index in [4.69, 9.17) is 0 Å². The van der Waals surface area contributed by atoms with Crippen LogP contribution in [0.4, 0.5) is 14.6 Å². The largest absolute Gasteiger partial charge is 0.352 e. The molecule has 1 aromatic carbocycles. The van der Waals surface area contributed by atoms with Crippen molar-refractivity contribution in [3.8, 4) is 0 Å². The van der Waals surface area contributed by atoms with E-state index in [2.05, 4.69) is 15.3 Å². The molecule has 0 bridgehead atoms. The third kappa shape index (κ3) is 4.22. The number of hydrogen-bond donors (Lipinski definition) is 1. The number of rotatable bonds is 5. The maximum Gasteiger partial charge on any atom is 0.132 e. The highest BCUT2D eigenvalue weighted by molar-refractivity contribution is 5.38. The zero-order chi connectivity index (χ0) is 16.1. The molecule has 0 atom stereocenters. The summed E-state index contributed by atoms with van der Waals surface area (Å²) in [7, 11) is 0. The van der Waals surface area contributed by atoms with Crippen molar-refractivity contribution in [2.75, 3.05) is 24.5 Å². The van der Waals surface area contributed by atoms with Crippen molar-refractivity contribution in [2.45, 2.75) is 19.4 Å². The van der Waals surface area contributed by atoms with Gasteiger partial charge in [-0.2, -0.15) is 0 Å². The minimum absolute atomic E-state index is 0.368. The summed E-state index contributed by atoms with van der Waals surface area (Å²) in [6.07, 6.45) is 5.35. The van der Waals surface area contributed by atoms with Crippen LogP contribution >= 0.6 is 0 Å². The predicted molar refractivity (Wildman–Crippen MR) is 85.0 cm³/mol. The molecule has 1 fully saturated rings. The number of nitrogens with one attached hydrogen (secondary N) is 1. The van der Waals surface area contributed by atoms with Crippen molar-refractivity contribution in [1.29, 1.82) is 0 Å². The molecule has 1 aromatic heterocycles. The van der Waals surface area contributed by atoms with Gasteiger partial charge in [-0.25, -0.2) is 18.7 Å². The number of hydrogen-bond acceptors (Lipinski definition) is 4. The summed E-state index contributed by atoms with van der Waals surface area (Å²) < 4.78 is 27.1. The van der Waals surface area contributed by atoms with Gasteiger partial charge in [-0.15, -0.1) is 0 Å². The van der Waals surface area contributed by atoms with E-state index in [9.17, 15) is 8.78 Å². The molecule has 0 spiro atoms. The second-order valence-electron chi connectivity index (χ2n) is 5.88. The van der Waals surface area contributed by atoms with Crippen molar-refractivity contribution in [1.82, 2.24) is 15.3 Å². The first-order chi connectivity index (χ1) is 11.2. The fourth-order valence-corrected chi connectivity index (χ4v) is 2.94. The maximum atomic E-state index is 14.0. The summed E-state index contributed by atoms with van der Waals surface area (Å²) in [5, 5.41) is 3.35. The van der Waals surface area contributed by atoms with E-state index < -0.39 is 11.6 Å². The van der Waals surface area contributed by atoms with E-state index >= 15 is 0 Å². The van der Waals surface area contributed by atoms with Crippen molar-refractivity contribution in [3.63, 3.8) is 0 Å². The standard InChI is InChI=1S/C17H20F2N4/c18-15-2-1-14(16(19)9-15)11-23(17-5-8-21-12-22-17)10-13-3-6-20-7-4-13/h1-2,5,8-9,12-13,20H,3-4,6-7,10-11H2. The number of benzene rings is 1. The Balaban J connectivity index is 1.79. The summed E-state index contributed by atoms with van der Waals surface area (Å²) in [6, 6.07) is 5.54. The topological polar surface area (TPSA) is 41.0 Å². The van der Waals surface area contributed by atoms with Crippen molar-refractivity contribution >= 4 is 5.82 Å². The van der Waals surface area contributed by atoms with Crippen LogP contribution in [0.25, 0.3) is 0 Å². The molecule has 0 saturated carbocycles. The van der Waals surface area contributed by atoms with Crippen LogP contribution in [0.1, 0.15) is 18.4 Å². The molecule has 1 aliphatic heterocycles. The Hall–Kier alpha value is -2.08. The van der Waals surface area contributed by atoms with E-state index in [1.54, 1.807) is 6.20 Å². The van der Waals surface area contributed by atoms with Crippen LogP contribution in [-0.2, 0) is 6.54 Å². The van der Waals surface area contributed by atoms with Gasteiger partial charge < -0.3 is 10.2 Å². The van der Waals surface area contributed by atoms with Gasteiger partial charge in [0.15, 0.2) is 0 Å². The third-order valence-electron chi connectivity index (χ3n) is 4.20. The molecule has 3 rings (SSSR count). The molecule has 0 amide bonds. The first kappa shape index (κ1) is 15.8. The van der Waals surface area contributed by atoms with Gasteiger partial charge >= 0.3 is 0 Å². The van der Waals surface area contributed by atoms with Crippen LogP contribution in [0.2, 0.25) is 0 Å². The Labute approximate surface area is 134 Å². The molecule has 0 aliphatic carbocycles. The molecule has 2 heterocycles. The Kier molecular flexibility index (Phi) is 5.12. The van der Waals surface area contributed by atoms with E-state index in [0.717, 1.165) is 44.4 Å². The maximum absolute atomic E-state index is 14.0. The van der Waals surface area contributed by atoms with Crippen molar-refractivity contribution in [3.05, 3.63) is 54.0 Å². The molecule has 1 saturated heterocycles. The minimum atomic E-state index is -0.557. The lowest BCUT2D eigenvalue weighted by Crippen LogP contribution is -2.36. The van der Waals surface area contributed by atoms with E-state index in [0.29, 0.717) is 18.0 Å². The summed E-state index contributed by atoms with van der Waals surface area (Å²) in [5.74, 6) is 0.226. The fraction of sp³-hybridized carbons (Fsp3) is 0.412. The molecular formula is C17H20F2N4. The first-order valence-electron chi connectivity index (χ1n) is 7.88. The molecule has 122 valence electrons. The van der Waals surface area contributed by atoms with E-state index in [-0.39, 0.29) is 0 Å². The Morgan fingerprint density at radius 2 is 2.00 bits per heavy atom. The van der Waals surface area contributed by atoms with Crippen molar-refractivity contribution in [2.24, 2.45) is 5.92 Å². The van der Waals surface area contributed by atoms with Crippen LogP contribution in [0, 0.1) is 17.6 Å². The zero-order valence-corrected chi connectivity index (χ0v) is 12.9. The predicted octanol–water partition coefficient (Wildman–Crippen LogP) is 2.76. The Bertz CT molecular complexity index is 630. The quantitative estimate of drug-likeness (QED) is 0.920. The first-order valence-corrected chi connectivity index (χ1v) is 7.88. The average molecular weight is 318 g/mol. The molecule has 6 heteroatoms. The van der Waals surface area contributed by atoms with Gasteiger partial charge in [-0.3, -0.25) is 0 Å². The highest BCUT2D eigenvalue weighted by Gasteiger charge is 2.19. The molecule has 1 aliphatic rings. The lowest BCUT2D eigenvalue weighted by molar-refractivity contribution is 0.371. The highest BCUT2D eigenvalue weighted by atomic mass is 19.1. The minimum Gasteiger partial charge on any atom is -0.352 e. The molecule has 0 radical (unpaired) electrons. The molecule has 2 aromatic rings. The van der Waals surface area contributed by atoms with Gasteiger partial charge in [0.2, 0.25) is 0 Å². The van der Waals surface area contributed by atoms with Gasteiger partial charge in [-0.05, 0) is 44.0 Å². The lowest BCUT2D eigenvalue weighted by Gasteiger charge is -2.31. The number of halogens is 2. The summed E-state index contributed by atoms with van der Waals surface area (Å²) >= 11 is 0. The Morgan fingerprint density at radius 1 is 1.17 bits per heavy atom. The normalized spacial score (nSPS) is 15.6. The molecule has 23 heavy (non-hydrogen) atoms. The second-order valence-corrected chi connectivity index (χ2v) is 5.88. The van der Waals surface area contributed by atoms with Gasteiger partial charge in [0.1, 0.15) is 23.8 Å². The summed E-state index contributed by atoms with van der Waals surface area (Å²) in [4.78, 5) is 10.3. The van der Waals surface area contributed by atoms with Crippen LogP contribution < -0.4 is 10.2 Å². The van der Waals surface area contributed by atoms with Crippen molar-refractivity contribution < 1.29 is 8.78 Å². The summed E-state index contributed by atoms with van der Waals surface area (Å²) in [5.41, 5.74) is 0.471. The van der Waals surface area contributed by atoms with E-state index in [1.807, 2.05) is 11.0 Å². The molecule has 4 nitrogen and oxygen atoms in total. The summed E-state index contributed by atoms with van der Waals surface area (Å²) in [6.45, 7) is 3.18. The SMILES string of the molecule is Fc1ccc(CN(CC2CCNCC2)c2ccncn2)c(F)c1. The third-order valence-corrected chi connectivity index (χ3v) is 4.20. The van der Waals surface area contributed by atoms with Gasteiger partial charge in [-0.1, -0.05) is 6.07 Å². The monoisotopic (exact) mass is 318 g/mol. The van der Waals surface area contributed by atoms with Gasteiger partial charge in [0, 0.05) is 30.9 Å².